The molecule has 0 saturated heterocycles. The Morgan fingerprint density at radius 2 is 1.95 bits per heavy atom. The summed E-state index contributed by atoms with van der Waals surface area (Å²) in [6.45, 7) is 2.35. The van der Waals surface area contributed by atoms with Crippen LogP contribution in [0.5, 0.6) is 0 Å². The highest BCUT2D eigenvalue weighted by Crippen LogP contribution is 2.44. The number of nitrogens with zero attached hydrogens (tertiary/aromatic N) is 1. The molecule has 0 bridgehead atoms. The molecule has 2 nitrogen and oxygen atoms in total. The average Bonchev–Trinajstić information content (AvgIpc) is 2.80. The van der Waals surface area contributed by atoms with Crippen LogP contribution in [-0.2, 0) is 5.41 Å². The van der Waals surface area contributed by atoms with Crippen molar-refractivity contribution in [2.75, 3.05) is 0 Å². The molecule has 2 fully saturated rings. The molecule has 0 spiro atoms. The molecule has 3 rings (SSSR count). The van der Waals surface area contributed by atoms with Crippen LogP contribution in [-0.4, -0.2) is 12.1 Å². The molecule has 0 amide bonds. The van der Waals surface area contributed by atoms with Crippen LogP contribution in [0.1, 0.15) is 44.6 Å². The average molecular weight is 254 g/mol. The smallest absolute Gasteiger partial charge is 0.0852 e. The topological polar surface area (TPSA) is 35.8 Å². The second-order valence-electron chi connectivity index (χ2n) is 6.35. The molecule has 2 unspecified atom stereocenters. The minimum atomic E-state index is -0.235. The van der Waals surface area contributed by atoms with E-state index in [1.54, 1.807) is 0 Å². The highest BCUT2D eigenvalue weighted by molar-refractivity contribution is 5.36. The lowest BCUT2D eigenvalue weighted by molar-refractivity contribution is 0.198. The molecular formula is C17H22N2. The maximum atomic E-state index is 9.54. The normalized spacial score (nSPS) is 37.6. The first-order valence-electron chi connectivity index (χ1n) is 7.46. The number of benzene rings is 1. The van der Waals surface area contributed by atoms with Crippen LogP contribution in [0.15, 0.2) is 30.3 Å². The van der Waals surface area contributed by atoms with Crippen molar-refractivity contribution in [3.8, 4) is 6.07 Å². The Balaban J connectivity index is 1.63. The van der Waals surface area contributed by atoms with Gasteiger partial charge in [0, 0.05) is 12.1 Å². The van der Waals surface area contributed by atoms with Crippen molar-refractivity contribution in [3.63, 3.8) is 0 Å². The van der Waals surface area contributed by atoms with Crippen molar-refractivity contribution < 1.29 is 0 Å². The van der Waals surface area contributed by atoms with Gasteiger partial charge >= 0.3 is 0 Å². The van der Waals surface area contributed by atoms with Gasteiger partial charge in [0.2, 0.25) is 0 Å². The Morgan fingerprint density at radius 3 is 2.53 bits per heavy atom. The van der Waals surface area contributed by atoms with Gasteiger partial charge in [0.05, 0.1) is 11.5 Å². The van der Waals surface area contributed by atoms with E-state index in [0.717, 1.165) is 18.8 Å². The van der Waals surface area contributed by atoms with Crippen LogP contribution in [0.3, 0.4) is 0 Å². The summed E-state index contributed by atoms with van der Waals surface area (Å²) in [5.74, 6) is 0.800. The molecule has 2 aliphatic carbocycles. The molecule has 0 heterocycles. The fraction of sp³-hybridized carbons (Fsp3) is 0.588. The van der Waals surface area contributed by atoms with Crippen molar-refractivity contribution in [3.05, 3.63) is 35.9 Å². The Bertz CT molecular complexity index is 468. The van der Waals surface area contributed by atoms with Crippen LogP contribution in [0.25, 0.3) is 0 Å². The summed E-state index contributed by atoms with van der Waals surface area (Å²) in [6.07, 6.45) is 5.95. The van der Waals surface area contributed by atoms with Gasteiger partial charge in [0.25, 0.3) is 0 Å². The van der Waals surface area contributed by atoms with Gasteiger partial charge < -0.3 is 5.32 Å². The molecule has 19 heavy (non-hydrogen) atoms. The van der Waals surface area contributed by atoms with Crippen molar-refractivity contribution in [2.45, 2.75) is 56.5 Å². The van der Waals surface area contributed by atoms with Crippen molar-refractivity contribution >= 4 is 0 Å². The fourth-order valence-electron chi connectivity index (χ4n) is 3.74. The summed E-state index contributed by atoms with van der Waals surface area (Å²) >= 11 is 0. The van der Waals surface area contributed by atoms with Crippen molar-refractivity contribution in [1.82, 2.24) is 5.32 Å². The van der Waals surface area contributed by atoms with Gasteiger partial charge in [-0.05, 0) is 37.2 Å². The molecule has 2 atom stereocenters. The number of hydrogen-bond acceptors (Lipinski definition) is 2. The van der Waals surface area contributed by atoms with Crippen LogP contribution < -0.4 is 5.32 Å². The molecule has 0 aromatic heterocycles. The zero-order chi connectivity index (χ0) is 13.3. The Morgan fingerprint density at radius 1 is 1.21 bits per heavy atom. The summed E-state index contributed by atoms with van der Waals surface area (Å²) in [7, 11) is 0. The van der Waals surface area contributed by atoms with E-state index >= 15 is 0 Å². The van der Waals surface area contributed by atoms with Gasteiger partial charge in [-0.2, -0.15) is 5.26 Å². The summed E-state index contributed by atoms with van der Waals surface area (Å²) in [6, 6.07) is 14.0. The Labute approximate surface area is 115 Å². The largest absolute Gasteiger partial charge is 0.311 e. The SMILES string of the molecule is CC1CCCC1NC1CC(C#N)(c2ccccc2)C1. The van der Waals surface area contributed by atoms with Gasteiger partial charge in [-0.3, -0.25) is 0 Å². The molecular weight excluding hydrogens is 232 g/mol. The molecule has 0 radical (unpaired) electrons. The maximum Gasteiger partial charge on any atom is 0.0852 e. The third-order valence-electron chi connectivity index (χ3n) is 5.04. The van der Waals surface area contributed by atoms with Crippen molar-refractivity contribution in [1.29, 1.82) is 5.26 Å². The summed E-state index contributed by atoms with van der Waals surface area (Å²) in [5.41, 5.74) is 0.954. The lowest BCUT2D eigenvalue weighted by Gasteiger charge is -2.45. The predicted octanol–water partition coefficient (Wildman–Crippen LogP) is 3.39. The minimum Gasteiger partial charge on any atom is -0.311 e. The van der Waals surface area contributed by atoms with Gasteiger partial charge in [-0.15, -0.1) is 0 Å². The standard InChI is InChI=1S/C17H22N2/c1-13-6-5-9-16(13)19-15-10-17(11-15,12-18)14-7-3-2-4-8-14/h2-4,7-8,13,15-16,19H,5-6,9-11H2,1H3. The van der Waals surface area contributed by atoms with E-state index in [9.17, 15) is 5.26 Å². The lowest BCUT2D eigenvalue weighted by Crippen LogP contribution is -2.54. The van der Waals surface area contributed by atoms with Crippen molar-refractivity contribution in [2.24, 2.45) is 5.92 Å². The highest BCUT2D eigenvalue weighted by Gasteiger charge is 2.46. The monoisotopic (exact) mass is 254 g/mol. The first kappa shape index (κ1) is 12.7. The van der Waals surface area contributed by atoms with E-state index in [1.807, 2.05) is 18.2 Å². The number of nitriles is 1. The second kappa shape index (κ2) is 4.98. The zero-order valence-electron chi connectivity index (χ0n) is 11.6. The third kappa shape index (κ3) is 2.28. The van der Waals surface area contributed by atoms with E-state index in [4.69, 9.17) is 0 Å². The molecule has 2 saturated carbocycles. The molecule has 1 N–H and O–H groups in total. The van der Waals surface area contributed by atoms with Crippen LogP contribution in [0, 0.1) is 17.2 Å². The summed E-state index contributed by atoms with van der Waals surface area (Å²) in [4.78, 5) is 0. The van der Waals surface area contributed by atoms with E-state index in [2.05, 4.69) is 30.4 Å². The number of rotatable bonds is 3. The first-order valence-corrected chi connectivity index (χ1v) is 7.46. The van der Waals surface area contributed by atoms with Crippen LogP contribution in [0.4, 0.5) is 0 Å². The Hall–Kier alpha value is -1.33. The molecule has 0 aliphatic heterocycles. The third-order valence-corrected chi connectivity index (χ3v) is 5.04. The maximum absolute atomic E-state index is 9.54. The minimum absolute atomic E-state index is 0.235. The van der Waals surface area contributed by atoms with Gasteiger partial charge in [0.1, 0.15) is 0 Å². The molecule has 1 aromatic carbocycles. The van der Waals surface area contributed by atoms with Crippen LogP contribution in [0.2, 0.25) is 0 Å². The number of nitrogens with one attached hydrogen (secondary N) is 1. The number of hydrogen-bond donors (Lipinski definition) is 1. The first-order chi connectivity index (χ1) is 9.23. The predicted molar refractivity (Wildman–Crippen MR) is 76.7 cm³/mol. The zero-order valence-corrected chi connectivity index (χ0v) is 11.6. The van der Waals surface area contributed by atoms with Crippen LogP contribution >= 0.6 is 0 Å². The van der Waals surface area contributed by atoms with E-state index in [-0.39, 0.29) is 5.41 Å². The van der Waals surface area contributed by atoms with E-state index in [0.29, 0.717) is 12.1 Å². The lowest BCUT2D eigenvalue weighted by atomic mass is 9.62. The van der Waals surface area contributed by atoms with Gasteiger partial charge in [-0.1, -0.05) is 43.7 Å². The second-order valence-corrected chi connectivity index (χ2v) is 6.35. The molecule has 2 aliphatic rings. The summed E-state index contributed by atoms with van der Waals surface area (Å²) < 4.78 is 0. The molecule has 2 heteroatoms. The highest BCUT2D eigenvalue weighted by atomic mass is 15.0. The van der Waals surface area contributed by atoms with E-state index in [1.165, 1.54) is 24.8 Å². The Kier molecular flexibility index (Phi) is 3.33. The molecule has 100 valence electrons. The van der Waals surface area contributed by atoms with Gasteiger partial charge in [0.15, 0.2) is 0 Å². The van der Waals surface area contributed by atoms with Gasteiger partial charge in [-0.25, -0.2) is 0 Å². The quantitative estimate of drug-likeness (QED) is 0.897. The van der Waals surface area contributed by atoms with E-state index < -0.39 is 0 Å². The summed E-state index contributed by atoms with van der Waals surface area (Å²) in [5, 5.41) is 13.3. The fourth-order valence-corrected chi connectivity index (χ4v) is 3.74. The molecule has 1 aromatic rings.